The Morgan fingerprint density at radius 2 is 2.31 bits per heavy atom. The second-order valence-corrected chi connectivity index (χ2v) is 4.43. The van der Waals surface area contributed by atoms with Crippen LogP contribution in [-0.4, -0.2) is 37.6 Å². The first-order valence-electron chi connectivity index (χ1n) is 5.65. The van der Waals surface area contributed by atoms with Crippen molar-refractivity contribution in [1.82, 2.24) is 10.2 Å². The Kier molecular flexibility index (Phi) is 4.74. The molecular weight excluding hydrogens is 160 g/mol. The van der Waals surface area contributed by atoms with Gasteiger partial charge in [-0.1, -0.05) is 20.3 Å². The summed E-state index contributed by atoms with van der Waals surface area (Å²) in [4.78, 5) is 2.60. The van der Waals surface area contributed by atoms with E-state index in [1.165, 1.54) is 38.9 Å². The Bertz CT molecular complexity index is 134. The fraction of sp³-hybridized carbons (Fsp3) is 1.00. The Labute approximate surface area is 82.7 Å². The van der Waals surface area contributed by atoms with Gasteiger partial charge in [0.05, 0.1) is 0 Å². The minimum absolute atomic E-state index is 0.704. The maximum atomic E-state index is 3.40. The van der Waals surface area contributed by atoms with Crippen molar-refractivity contribution in [3.8, 4) is 0 Å². The highest BCUT2D eigenvalue weighted by atomic mass is 15.2. The van der Waals surface area contributed by atoms with Gasteiger partial charge in [0.25, 0.3) is 0 Å². The van der Waals surface area contributed by atoms with E-state index in [0.717, 1.165) is 5.92 Å². The molecule has 1 aliphatic heterocycles. The third-order valence-corrected chi connectivity index (χ3v) is 3.03. The lowest BCUT2D eigenvalue weighted by atomic mass is 10.1. The molecule has 0 spiro atoms. The summed E-state index contributed by atoms with van der Waals surface area (Å²) >= 11 is 0. The molecule has 0 aromatic rings. The van der Waals surface area contributed by atoms with Crippen LogP contribution in [0.1, 0.15) is 33.1 Å². The lowest BCUT2D eigenvalue weighted by molar-refractivity contribution is 0.281. The van der Waals surface area contributed by atoms with E-state index in [4.69, 9.17) is 0 Å². The van der Waals surface area contributed by atoms with Crippen LogP contribution in [0, 0.1) is 5.92 Å². The van der Waals surface area contributed by atoms with Crippen LogP contribution in [0.25, 0.3) is 0 Å². The van der Waals surface area contributed by atoms with Crippen LogP contribution in [0.5, 0.6) is 0 Å². The molecule has 0 aromatic heterocycles. The molecular formula is C11H24N2. The van der Waals surface area contributed by atoms with Gasteiger partial charge < -0.3 is 10.2 Å². The number of likely N-dealkylation sites (tertiary alicyclic amines) is 1. The average Bonchev–Trinajstić information content (AvgIpc) is 2.50. The standard InChI is InChI=1S/C11H24N2/c1-4-5-11(12-3)9-13-7-6-10(2)8-13/h10-12H,4-9H2,1-3H3. The second-order valence-electron chi connectivity index (χ2n) is 4.43. The molecule has 2 heteroatoms. The van der Waals surface area contributed by atoms with Crippen molar-refractivity contribution in [3.05, 3.63) is 0 Å². The van der Waals surface area contributed by atoms with Gasteiger partial charge in [-0.2, -0.15) is 0 Å². The van der Waals surface area contributed by atoms with Crippen LogP contribution in [0.4, 0.5) is 0 Å². The lowest BCUT2D eigenvalue weighted by Gasteiger charge is -2.22. The molecule has 0 aromatic carbocycles. The zero-order chi connectivity index (χ0) is 9.68. The van der Waals surface area contributed by atoms with Gasteiger partial charge in [0, 0.05) is 19.1 Å². The summed E-state index contributed by atoms with van der Waals surface area (Å²) in [5.74, 6) is 0.916. The van der Waals surface area contributed by atoms with E-state index in [-0.39, 0.29) is 0 Å². The molecule has 13 heavy (non-hydrogen) atoms. The van der Waals surface area contributed by atoms with Crippen LogP contribution < -0.4 is 5.32 Å². The molecule has 0 saturated carbocycles. The number of rotatable bonds is 5. The van der Waals surface area contributed by atoms with Crippen molar-refractivity contribution < 1.29 is 0 Å². The van der Waals surface area contributed by atoms with Crippen LogP contribution in [-0.2, 0) is 0 Å². The first kappa shape index (κ1) is 11.0. The van der Waals surface area contributed by atoms with Gasteiger partial charge in [-0.25, -0.2) is 0 Å². The molecule has 1 heterocycles. The molecule has 2 unspecified atom stereocenters. The highest BCUT2D eigenvalue weighted by Gasteiger charge is 2.20. The molecule has 1 fully saturated rings. The van der Waals surface area contributed by atoms with Gasteiger partial charge >= 0.3 is 0 Å². The molecule has 0 bridgehead atoms. The van der Waals surface area contributed by atoms with E-state index in [1.807, 2.05) is 0 Å². The molecule has 2 atom stereocenters. The summed E-state index contributed by atoms with van der Waals surface area (Å²) in [6.45, 7) is 8.48. The normalized spacial score (nSPS) is 26.5. The topological polar surface area (TPSA) is 15.3 Å². The Morgan fingerprint density at radius 3 is 2.77 bits per heavy atom. The molecule has 78 valence electrons. The quantitative estimate of drug-likeness (QED) is 0.700. The molecule has 0 radical (unpaired) electrons. The van der Waals surface area contributed by atoms with E-state index in [0.29, 0.717) is 6.04 Å². The van der Waals surface area contributed by atoms with Crippen LogP contribution in [0.15, 0.2) is 0 Å². The number of nitrogens with one attached hydrogen (secondary N) is 1. The SMILES string of the molecule is CCCC(CN1CCC(C)C1)NC. The third kappa shape index (κ3) is 3.65. The first-order chi connectivity index (χ1) is 6.26. The van der Waals surface area contributed by atoms with Crippen molar-refractivity contribution in [2.75, 3.05) is 26.7 Å². The highest BCUT2D eigenvalue weighted by Crippen LogP contribution is 2.15. The summed E-state index contributed by atoms with van der Waals surface area (Å²) in [5.41, 5.74) is 0. The minimum Gasteiger partial charge on any atom is -0.316 e. The molecule has 0 amide bonds. The Morgan fingerprint density at radius 1 is 1.54 bits per heavy atom. The first-order valence-corrected chi connectivity index (χ1v) is 5.65. The monoisotopic (exact) mass is 184 g/mol. The van der Waals surface area contributed by atoms with Gasteiger partial charge in [-0.3, -0.25) is 0 Å². The minimum atomic E-state index is 0.704. The van der Waals surface area contributed by atoms with Crippen molar-refractivity contribution in [1.29, 1.82) is 0 Å². The zero-order valence-corrected chi connectivity index (χ0v) is 9.34. The number of likely N-dealkylation sites (N-methyl/N-ethyl adjacent to an activating group) is 1. The van der Waals surface area contributed by atoms with Gasteiger partial charge in [-0.05, 0) is 32.4 Å². The van der Waals surface area contributed by atoms with Gasteiger partial charge in [0.2, 0.25) is 0 Å². The summed E-state index contributed by atoms with van der Waals surface area (Å²) in [6, 6.07) is 0.704. The van der Waals surface area contributed by atoms with Crippen molar-refractivity contribution >= 4 is 0 Å². The fourth-order valence-corrected chi connectivity index (χ4v) is 2.18. The maximum Gasteiger partial charge on any atom is 0.0191 e. The largest absolute Gasteiger partial charge is 0.316 e. The molecule has 0 aliphatic carbocycles. The highest BCUT2D eigenvalue weighted by molar-refractivity contribution is 4.77. The summed E-state index contributed by atoms with van der Waals surface area (Å²) < 4.78 is 0. The van der Waals surface area contributed by atoms with E-state index >= 15 is 0 Å². The smallest absolute Gasteiger partial charge is 0.0191 e. The number of nitrogens with zero attached hydrogens (tertiary/aromatic N) is 1. The summed E-state index contributed by atoms with van der Waals surface area (Å²) in [7, 11) is 2.08. The van der Waals surface area contributed by atoms with Crippen LogP contribution in [0.2, 0.25) is 0 Å². The van der Waals surface area contributed by atoms with E-state index in [2.05, 4.69) is 31.1 Å². The van der Waals surface area contributed by atoms with Gasteiger partial charge in [-0.15, -0.1) is 0 Å². The van der Waals surface area contributed by atoms with E-state index < -0.39 is 0 Å². The van der Waals surface area contributed by atoms with Crippen molar-refractivity contribution in [3.63, 3.8) is 0 Å². The van der Waals surface area contributed by atoms with E-state index in [9.17, 15) is 0 Å². The number of hydrogen-bond acceptors (Lipinski definition) is 2. The zero-order valence-electron chi connectivity index (χ0n) is 9.34. The van der Waals surface area contributed by atoms with Gasteiger partial charge in [0.1, 0.15) is 0 Å². The maximum absolute atomic E-state index is 3.40. The molecule has 1 saturated heterocycles. The molecule has 2 nitrogen and oxygen atoms in total. The number of hydrogen-bond donors (Lipinski definition) is 1. The van der Waals surface area contributed by atoms with E-state index in [1.54, 1.807) is 0 Å². The lowest BCUT2D eigenvalue weighted by Crippen LogP contribution is -2.38. The third-order valence-electron chi connectivity index (χ3n) is 3.03. The van der Waals surface area contributed by atoms with Crippen LogP contribution >= 0.6 is 0 Å². The molecule has 1 rings (SSSR count). The average molecular weight is 184 g/mol. The fourth-order valence-electron chi connectivity index (χ4n) is 2.18. The second kappa shape index (κ2) is 5.61. The Balaban J connectivity index is 2.21. The Hall–Kier alpha value is -0.0800. The van der Waals surface area contributed by atoms with Crippen molar-refractivity contribution in [2.24, 2.45) is 5.92 Å². The van der Waals surface area contributed by atoms with Gasteiger partial charge in [0.15, 0.2) is 0 Å². The molecule has 1 N–H and O–H groups in total. The van der Waals surface area contributed by atoms with Crippen molar-refractivity contribution in [2.45, 2.75) is 39.2 Å². The summed E-state index contributed by atoms with van der Waals surface area (Å²) in [5, 5.41) is 3.40. The predicted octanol–water partition coefficient (Wildman–Crippen LogP) is 1.72. The molecule has 1 aliphatic rings. The van der Waals surface area contributed by atoms with Crippen LogP contribution in [0.3, 0.4) is 0 Å². The summed E-state index contributed by atoms with van der Waals surface area (Å²) in [6.07, 6.45) is 3.98. The predicted molar refractivity (Wildman–Crippen MR) is 58.0 cm³/mol.